The number of rotatable bonds is 2. The largest absolute Gasteiger partial charge is 0.459 e. The second kappa shape index (κ2) is 4.33. The number of nitrogens with zero attached hydrogens (tertiary/aromatic N) is 2. The van der Waals surface area contributed by atoms with Gasteiger partial charge in [-0.05, 0) is 46.9 Å². The van der Waals surface area contributed by atoms with Gasteiger partial charge >= 0.3 is 0 Å². The van der Waals surface area contributed by atoms with Crippen molar-refractivity contribution in [2.75, 3.05) is 0 Å². The summed E-state index contributed by atoms with van der Waals surface area (Å²) < 4.78 is 11.8. The van der Waals surface area contributed by atoms with Crippen LogP contribution < -0.4 is 0 Å². The molecule has 0 aliphatic rings. The Morgan fingerprint density at radius 2 is 1.76 bits per heavy atom. The van der Waals surface area contributed by atoms with Crippen LogP contribution in [-0.2, 0) is 0 Å². The molecule has 5 heteroatoms. The first-order chi connectivity index (χ1) is 8.34. The van der Waals surface area contributed by atoms with Crippen molar-refractivity contribution in [3.63, 3.8) is 0 Å². The maximum absolute atomic E-state index is 5.57. The van der Waals surface area contributed by atoms with E-state index >= 15 is 0 Å². The van der Waals surface area contributed by atoms with Crippen molar-refractivity contribution < 1.29 is 8.83 Å². The van der Waals surface area contributed by atoms with Crippen LogP contribution in [0.5, 0.6) is 0 Å². The Morgan fingerprint density at radius 3 is 2.53 bits per heavy atom. The van der Waals surface area contributed by atoms with Crippen LogP contribution in [0.15, 0.2) is 51.5 Å². The summed E-state index contributed by atoms with van der Waals surface area (Å²) in [7, 11) is 0. The predicted octanol–water partition coefficient (Wildman–Crippen LogP) is 3.60. The van der Waals surface area contributed by atoms with Crippen molar-refractivity contribution in [1.29, 1.82) is 0 Å². The zero-order valence-corrected chi connectivity index (χ0v) is 10.8. The summed E-state index contributed by atoms with van der Waals surface area (Å²) in [6, 6.07) is 11.4. The van der Waals surface area contributed by atoms with Gasteiger partial charge in [-0.15, -0.1) is 10.2 Å². The number of hydrogen-bond acceptors (Lipinski definition) is 4. The van der Waals surface area contributed by atoms with Crippen molar-refractivity contribution in [2.24, 2.45) is 0 Å². The van der Waals surface area contributed by atoms with Gasteiger partial charge in [-0.1, -0.05) is 12.1 Å². The lowest BCUT2D eigenvalue weighted by molar-refractivity contribution is 0.523. The van der Waals surface area contributed by atoms with Crippen molar-refractivity contribution in [2.45, 2.75) is 0 Å². The van der Waals surface area contributed by atoms with Gasteiger partial charge in [0, 0.05) is 3.57 Å². The summed E-state index contributed by atoms with van der Waals surface area (Å²) >= 11 is 2.24. The molecule has 84 valence electrons. The van der Waals surface area contributed by atoms with E-state index in [2.05, 4.69) is 32.8 Å². The minimum atomic E-state index is 0.393. The van der Waals surface area contributed by atoms with E-state index in [0.29, 0.717) is 17.5 Å². The second-order valence-electron chi connectivity index (χ2n) is 3.37. The molecule has 2 aromatic heterocycles. The van der Waals surface area contributed by atoms with Gasteiger partial charge in [-0.3, -0.25) is 0 Å². The second-order valence-corrected chi connectivity index (χ2v) is 4.53. The monoisotopic (exact) mass is 338 g/mol. The van der Waals surface area contributed by atoms with Crippen LogP contribution in [0.25, 0.3) is 23.1 Å². The topological polar surface area (TPSA) is 52.1 Å². The molecule has 0 aliphatic carbocycles. The molecule has 0 saturated carbocycles. The summed E-state index contributed by atoms with van der Waals surface area (Å²) in [5, 5.41) is 7.98. The first kappa shape index (κ1) is 10.5. The summed E-state index contributed by atoms with van der Waals surface area (Å²) in [6.45, 7) is 0. The summed E-state index contributed by atoms with van der Waals surface area (Å²) in [5.41, 5.74) is 0.929. The summed E-state index contributed by atoms with van der Waals surface area (Å²) in [5.74, 6) is 1.47. The van der Waals surface area contributed by atoms with E-state index in [1.165, 1.54) is 0 Å². The highest BCUT2D eigenvalue weighted by atomic mass is 127. The Labute approximate surface area is 111 Å². The maximum atomic E-state index is 5.57. The molecule has 0 atom stereocenters. The van der Waals surface area contributed by atoms with Gasteiger partial charge in [0.2, 0.25) is 5.89 Å². The molecular weight excluding hydrogens is 331 g/mol. The molecule has 0 spiro atoms. The Bertz CT molecular complexity index is 632. The van der Waals surface area contributed by atoms with Gasteiger partial charge in [-0.25, -0.2) is 0 Å². The number of benzene rings is 1. The smallest absolute Gasteiger partial charge is 0.283 e. The van der Waals surface area contributed by atoms with Gasteiger partial charge in [0.15, 0.2) is 5.76 Å². The van der Waals surface area contributed by atoms with E-state index in [4.69, 9.17) is 8.83 Å². The molecule has 0 unspecified atom stereocenters. The van der Waals surface area contributed by atoms with Gasteiger partial charge < -0.3 is 8.83 Å². The van der Waals surface area contributed by atoms with Gasteiger partial charge in [-0.2, -0.15) is 0 Å². The zero-order chi connectivity index (χ0) is 11.7. The Hall–Kier alpha value is -1.63. The molecule has 2 heterocycles. The van der Waals surface area contributed by atoms with E-state index in [-0.39, 0.29) is 0 Å². The molecule has 4 nitrogen and oxygen atoms in total. The van der Waals surface area contributed by atoms with Crippen molar-refractivity contribution in [1.82, 2.24) is 10.2 Å². The van der Waals surface area contributed by atoms with Crippen LogP contribution in [0.4, 0.5) is 0 Å². The van der Waals surface area contributed by atoms with Crippen LogP contribution in [0.3, 0.4) is 0 Å². The highest BCUT2D eigenvalue weighted by Gasteiger charge is 2.13. The van der Waals surface area contributed by atoms with E-state index in [1.54, 1.807) is 18.4 Å². The first-order valence-electron chi connectivity index (χ1n) is 4.97. The third-order valence-electron chi connectivity index (χ3n) is 2.26. The average Bonchev–Trinajstić information content (AvgIpc) is 3.00. The lowest BCUT2D eigenvalue weighted by Gasteiger charge is -1.96. The molecule has 0 aliphatic heterocycles. The SMILES string of the molecule is Ic1ccccc1-c1nnc(-c2ccco2)o1. The standard InChI is InChI=1S/C12H7IN2O2/c13-9-5-2-1-4-8(9)11-14-15-12(17-11)10-6-3-7-16-10/h1-7H. The molecule has 1 aromatic carbocycles. The lowest BCUT2D eigenvalue weighted by atomic mass is 10.2. The molecule has 0 amide bonds. The van der Waals surface area contributed by atoms with E-state index in [0.717, 1.165) is 9.13 Å². The number of furan rings is 1. The lowest BCUT2D eigenvalue weighted by Crippen LogP contribution is -1.81. The van der Waals surface area contributed by atoms with Crippen LogP contribution >= 0.6 is 22.6 Å². The van der Waals surface area contributed by atoms with Crippen molar-refractivity contribution in [3.8, 4) is 23.1 Å². The Balaban J connectivity index is 2.04. The molecule has 0 radical (unpaired) electrons. The van der Waals surface area contributed by atoms with Crippen LogP contribution in [0.2, 0.25) is 0 Å². The maximum Gasteiger partial charge on any atom is 0.283 e. The minimum absolute atomic E-state index is 0.393. The minimum Gasteiger partial charge on any atom is -0.459 e. The average molecular weight is 338 g/mol. The van der Waals surface area contributed by atoms with Crippen molar-refractivity contribution in [3.05, 3.63) is 46.2 Å². The molecule has 0 saturated heterocycles. The molecular formula is C12H7IN2O2. The number of halogens is 1. The highest BCUT2D eigenvalue weighted by molar-refractivity contribution is 14.1. The fraction of sp³-hybridized carbons (Fsp3) is 0. The Morgan fingerprint density at radius 1 is 0.941 bits per heavy atom. The summed E-state index contributed by atoms with van der Waals surface area (Å²) in [4.78, 5) is 0. The first-order valence-corrected chi connectivity index (χ1v) is 6.05. The van der Waals surface area contributed by atoms with Crippen molar-refractivity contribution >= 4 is 22.6 Å². The molecule has 17 heavy (non-hydrogen) atoms. The van der Waals surface area contributed by atoms with E-state index in [9.17, 15) is 0 Å². The quantitative estimate of drug-likeness (QED) is 0.670. The molecule has 3 aromatic rings. The molecule has 0 N–H and O–H groups in total. The van der Waals surface area contributed by atoms with Crippen LogP contribution in [0, 0.1) is 3.57 Å². The van der Waals surface area contributed by atoms with Gasteiger partial charge in [0.05, 0.1) is 11.8 Å². The normalized spacial score (nSPS) is 10.6. The molecule has 3 rings (SSSR count). The van der Waals surface area contributed by atoms with Gasteiger partial charge in [0.25, 0.3) is 5.89 Å². The molecule has 0 fully saturated rings. The third-order valence-corrected chi connectivity index (χ3v) is 3.20. The predicted molar refractivity (Wildman–Crippen MR) is 70.2 cm³/mol. The third kappa shape index (κ3) is 1.97. The fourth-order valence-electron chi connectivity index (χ4n) is 1.47. The van der Waals surface area contributed by atoms with Crippen LogP contribution in [-0.4, -0.2) is 10.2 Å². The number of aromatic nitrogens is 2. The highest BCUT2D eigenvalue weighted by Crippen LogP contribution is 2.27. The number of hydrogen-bond donors (Lipinski definition) is 0. The fourth-order valence-corrected chi connectivity index (χ4v) is 2.08. The Kier molecular flexibility index (Phi) is 2.68. The zero-order valence-electron chi connectivity index (χ0n) is 8.63. The summed E-state index contributed by atoms with van der Waals surface area (Å²) in [6.07, 6.45) is 1.57. The van der Waals surface area contributed by atoms with Crippen LogP contribution in [0.1, 0.15) is 0 Å². The van der Waals surface area contributed by atoms with E-state index < -0.39 is 0 Å². The van der Waals surface area contributed by atoms with E-state index in [1.807, 2.05) is 24.3 Å². The van der Waals surface area contributed by atoms with Gasteiger partial charge in [0.1, 0.15) is 0 Å². The molecule has 0 bridgehead atoms.